The van der Waals surface area contributed by atoms with E-state index < -0.39 is 0 Å². The van der Waals surface area contributed by atoms with E-state index in [0.717, 1.165) is 0 Å². The summed E-state index contributed by atoms with van der Waals surface area (Å²) < 4.78 is 1.41. The van der Waals surface area contributed by atoms with Crippen LogP contribution in [0.5, 0.6) is 0 Å². The summed E-state index contributed by atoms with van der Waals surface area (Å²) in [6.45, 7) is 0. The van der Waals surface area contributed by atoms with Crippen molar-refractivity contribution in [2.75, 3.05) is 5.73 Å². The van der Waals surface area contributed by atoms with Crippen molar-refractivity contribution >= 4 is 28.6 Å². The number of rotatable bonds is 0. The second-order valence-electron chi connectivity index (χ2n) is 1.58. The zero-order valence-corrected chi connectivity index (χ0v) is 6.70. The van der Waals surface area contributed by atoms with E-state index in [-0.39, 0.29) is 11.2 Å². The van der Waals surface area contributed by atoms with Gasteiger partial charge in [-0.05, 0) is 12.1 Å². The number of nitrogen functional groups attached to an aromatic ring is 1. The largest absolute Gasteiger partial charge is 0.394 e. The molecule has 0 saturated carbocycles. The van der Waals surface area contributed by atoms with Gasteiger partial charge in [-0.3, -0.25) is 7.58 Å². The Labute approximate surface area is 66.0 Å². The molecule has 0 atom stereocenters. The monoisotopic (exact) mass is 236 g/mol. The summed E-state index contributed by atoms with van der Waals surface area (Å²) in [6.07, 6.45) is 1.65. The number of hydrogen-bond acceptors (Lipinski definition) is 2. The number of halogens is 1. The minimum Gasteiger partial charge on any atom is -0.394 e. The Balaban J connectivity index is 3.43. The lowest BCUT2D eigenvalue weighted by molar-refractivity contribution is 1.21. The van der Waals surface area contributed by atoms with Crippen LogP contribution < -0.4 is 11.3 Å². The maximum Gasteiger partial charge on any atom is 0.282 e. The molecule has 48 valence electrons. The minimum atomic E-state index is -0.155. The summed E-state index contributed by atoms with van der Waals surface area (Å²) in [5.74, 6) is 0. The van der Waals surface area contributed by atoms with Crippen molar-refractivity contribution in [2.24, 2.45) is 0 Å². The van der Waals surface area contributed by atoms with E-state index in [0.29, 0.717) is 0 Å². The molecular formula is C5H5IN2O. The molecule has 0 saturated heterocycles. The Bertz CT molecular complexity index is 245. The Kier molecular flexibility index (Phi) is 1.75. The molecule has 0 aliphatic rings. The maximum absolute atomic E-state index is 10.8. The molecule has 1 aromatic heterocycles. The summed E-state index contributed by atoms with van der Waals surface area (Å²) >= 11 is 1.87. The van der Waals surface area contributed by atoms with Crippen LogP contribution in [0.1, 0.15) is 0 Å². The summed E-state index contributed by atoms with van der Waals surface area (Å²) in [4.78, 5) is 10.8. The third kappa shape index (κ3) is 1.24. The average Bonchev–Trinajstić information content (AvgIpc) is 1.83. The molecule has 1 heterocycles. The topological polar surface area (TPSA) is 48.0 Å². The van der Waals surface area contributed by atoms with Crippen molar-refractivity contribution in [3.63, 3.8) is 0 Å². The number of anilines is 1. The molecule has 0 unspecified atom stereocenters. The van der Waals surface area contributed by atoms with Crippen molar-refractivity contribution in [2.45, 2.75) is 0 Å². The lowest BCUT2D eigenvalue weighted by Crippen LogP contribution is -2.14. The van der Waals surface area contributed by atoms with Gasteiger partial charge in [-0.15, -0.1) is 0 Å². The molecule has 0 fully saturated rings. The van der Waals surface area contributed by atoms with Gasteiger partial charge in [-0.1, -0.05) is 0 Å². The highest BCUT2D eigenvalue weighted by Gasteiger charge is 1.92. The first-order chi connectivity index (χ1) is 4.22. The third-order valence-corrected chi connectivity index (χ3v) is 1.69. The molecular weight excluding hydrogens is 231 g/mol. The first-order valence-corrected chi connectivity index (χ1v) is 3.31. The third-order valence-electron chi connectivity index (χ3n) is 0.934. The van der Waals surface area contributed by atoms with Gasteiger partial charge >= 0.3 is 0 Å². The SMILES string of the molecule is Nc1cccn(I)c1=O. The molecule has 0 aliphatic heterocycles. The first kappa shape index (κ1) is 6.60. The Hall–Kier alpha value is -0.520. The fourth-order valence-electron chi connectivity index (χ4n) is 0.485. The predicted octanol–water partition coefficient (Wildman–Crippen LogP) is 0.629. The molecule has 0 amide bonds. The summed E-state index contributed by atoms with van der Waals surface area (Å²) in [6, 6.07) is 3.31. The molecule has 9 heavy (non-hydrogen) atoms. The van der Waals surface area contributed by atoms with Crippen LogP contribution in [0, 0.1) is 0 Å². The zero-order valence-electron chi connectivity index (χ0n) is 4.54. The first-order valence-electron chi connectivity index (χ1n) is 2.35. The van der Waals surface area contributed by atoms with Crippen LogP contribution in [0.2, 0.25) is 0 Å². The number of nitrogens with two attached hydrogens (primary N) is 1. The van der Waals surface area contributed by atoms with Gasteiger partial charge in [0.1, 0.15) is 0 Å². The van der Waals surface area contributed by atoms with E-state index in [9.17, 15) is 4.79 Å². The highest BCUT2D eigenvalue weighted by molar-refractivity contribution is 14.1. The van der Waals surface area contributed by atoms with Crippen LogP contribution in [-0.2, 0) is 0 Å². The van der Waals surface area contributed by atoms with Crippen LogP contribution in [-0.4, -0.2) is 2.78 Å². The molecule has 0 spiro atoms. The van der Waals surface area contributed by atoms with Gasteiger partial charge in [0.25, 0.3) is 5.56 Å². The van der Waals surface area contributed by atoms with Crippen molar-refractivity contribution in [3.8, 4) is 0 Å². The number of hydrogen-bond donors (Lipinski definition) is 1. The fourth-order valence-corrected chi connectivity index (χ4v) is 0.949. The number of pyridine rings is 1. The molecule has 0 aliphatic carbocycles. The van der Waals surface area contributed by atoms with Crippen LogP contribution in [0.3, 0.4) is 0 Å². The van der Waals surface area contributed by atoms with Crippen LogP contribution >= 0.6 is 22.9 Å². The van der Waals surface area contributed by atoms with E-state index in [1.165, 1.54) is 2.78 Å². The molecule has 1 rings (SSSR count). The second kappa shape index (κ2) is 2.38. The van der Waals surface area contributed by atoms with E-state index in [2.05, 4.69) is 0 Å². The van der Waals surface area contributed by atoms with Gasteiger partial charge < -0.3 is 5.73 Å². The predicted molar refractivity (Wildman–Crippen MR) is 44.5 cm³/mol. The van der Waals surface area contributed by atoms with E-state index >= 15 is 0 Å². The normalized spacial score (nSPS) is 9.44. The van der Waals surface area contributed by atoms with E-state index in [1.807, 2.05) is 22.9 Å². The molecule has 0 radical (unpaired) electrons. The van der Waals surface area contributed by atoms with Gasteiger partial charge in [-0.25, -0.2) is 0 Å². The Morgan fingerprint density at radius 3 is 2.78 bits per heavy atom. The van der Waals surface area contributed by atoms with Crippen molar-refractivity contribution in [1.29, 1.82) is 0 Å². The van der Waals surface area contributed by atoms with E-state index in [1.54, 1.807) is 18.3 Å². The lowest BCUT2D eigenvalue weighted by Gasteiger charge is -1.92. The second-order valence-corrected chi connectivity index (χ2v) is 2.62. The maximum atomic E-state index is 10.8. The van der Waals surface area contributed by atoms with E-state index in [4.69, 9.17) is 5.73 Å². The summed E-state index contributed by atoms with van der Waals surface area (Å²) in [5, 5.41) is 0. The molecule has 3 nitrogen and oxygen atoms in total. The lowest BCUT2D eigenvalue weighted by atomic mass is 10.4. The van der Waals surface area contributed by atoms with Gasteiger partial charge in [-0.2, -0.15) is 0 Å². The summed E-state index contributed by atoms with van der Waals surface area (Å²) in [5.41, 5.74) is 5.41. The average molecular weight is 236 g/mol. The molecule has 1 aromatic rings. The van der Waals surface area contributed by atoms with Crippen molar-refractivity contribution < 1.29 is 0 Å². The minimum absolute atomic E-state index is 0.155. The van der Waals surface area contributed by atoms with Crippen molar-refractivity contribution in [3.05, 3.63) is 28.7 Å². The number of nitrogens with zero attached hydrogens (tertiary/aromatic N) is 1. The standard InChI is InChI=1S/C5H5IN2O/c6-8-3-1-2-4(7)5(8)9/h1-3H,7H2. The van der Waals surface area contributed by atoms with Gasteiger partial charge in [0.05, 0.1) is 28.6 Å². The van der Waals surface area contributed by atoms with Gasteiger partial charge in [0.15, 0.2) is 0 Å². The van der Waals surface area contributed by atoms with Crippen LogP contribution in [0.15, 0.2) is 23.1 Å². The fraction of sp³-hybridized carbons (Fsp3) is 0. The van der Waals surface area contributed by atoms with Crippen molar-refractivity contribution in [1.82, 2.24) is 2.78 Å². The summed E-state index contributed by atoms with van der Waals surface area (Å²) in [7, 11) is 0. The smallest absolute Gasteiger partial charge is 0.282 e. The number of aromatic nitrogens is 1. The molecule has 0 bridgehead atoms. The van der Waals surface area contributed by atoms with Crippen LogP contribution in [0.4, 0.5) is 5.69 Å². The quantitative estimate of drug-likeness (QED) is 0.671. The molecule has 0 aromatic carbocycles. The molecule has 2 N–H and O–H groups in total. The Morgan fingerprint density at radius 2 is 2.33 bits per heavy atom. The van der Waals surface area contributed by atoms with Gasteiger partial charge in [0.2, 0.25) is 0 Å². The molecule has 4 heteroatoms. The highest BCUT2D eigenvalue weighted by atomic mass is 127. The van der Waals surface area contributed by atoms with Crippen LogP contribution in [0.25, 0.3) is 0 Å². The van der Waals surface area contributed by atoms with Gasteiger partial charge in [0, 0.05) is 6.20 Å². The Morgan fingerprint density at radius 1 is 1.67 bits per heavy atom. The zero-order chi connectivity index (χ0) is 6.85. The highest BCUT2D eigenvalue weighted by Crippen LogP contribution is 1.93.